The van der Waals surface area contributed by atoms with E-state index in [0.29, 0.717) is 0 Å². The average molecular weight is 357 g/mol. The second kappa shape index (κ2) is 23.4. The van der Waals surface area contributed by atoms with Gasteiger partial charge in [-0.15, -0.1) is 0 Å². The Labute approximate surface area is 165 Å². The van der Waals surface area contributed by atoms with Gasteiger partial charge in [-0.1, -0.05) is 128 Å². The van der Waals surface area contributed by atoms with Crippen molar-refractivity contribution >= 4 is 0 Å². The van der Waals surface area contributed by atoms with Gasteiger partial charge in [-0.3, -0.25) is 0 Å². The fraction of sp³-hybridized carbons (Fsp3) is 0.538. The standard InChI is InChI=1S/2C11H16.2C2H6/c2*1-2-3-5-8-11-9-6-4-7-10-11;2*1-2/h2*4,6-7,9-10H,2-3,5,8H2,1H3;2*1-2H3. The lowest BCUT2D eigenvalue weighted by atomic mass is 10.1. The minimum atomic E-state index is 1.24. The van der Waals surface area contributed by atoms with Crippen LogP contribution in [0.5, 0.6) is 0 Å². The number of hydrogen-bond donors (Lipinski definition) is 0. The van der Waals surface area contributed by atoms with Gasteiger partial charge in [0.15, 0.2) is 0 Å². The Morgan fingerprint density at radius 2 is 0.769 bits per heavy atom. The van der Waals surface area contributed by atoms with Crippen LogP contribution in [0.2, 0.25) is 0 Å². The van der Waals surface area contributed by atoms with Gasteiger partial charge in [0.05, 0.1) is 0 Å². The molecular formula is C26H44. The summed E-state index contributed by atoms with van der Waals surface area (Å²) in [5, 5.41) is 0. The van der Waals surface area contributed by atoms with Crippen LogP contribution in [-0.4, -0.2) is 0 Å². The first-order valence-electron chi connectivity index (χ1n) is 10.9. The van der Waals surface area contributed by atoms with Crippen LogP contribution in [0.15, 0.2) is 60.7 Å². The van der Waals surface area contributed by atoms with Crippen molar-refractivity contribution in [2.24, 2.45) is 0 Å². The van der Waals surface area contributed by atoms with Crippen LogP contribution < -0.4 is 0 Å². The predicted octanol–water partition coefficient (Wildman–Crippen LogP) is 8.89. The molecule has 0 heteroatoms. The Balaban J connectivity index is 0. The van der Waals surface area contributed by atoms with E-state index in [1.807, 2.05) is 27.7 Å². The van der Waals surface area contributed by atoms with Gasteiger partial charge < -0.3 is 0 Å². The highest BCUT2D eigenvalue weighted by Gasteiger charge is 1.90. The second-order valence-corrected chi connectivity index (χ2v) is 5.89. The van der Waals surface area contributed by atoms with E-state index in [9.17, 15) is 0 Å². The molecule has 0 saturated carbocycles. The van der Waals surface area contributed by atoms with E-state index < -0.39 is 0 Å². The zero-order chi connectivity index (χ0) is 19.9. The van der Waals surface area contributed by atoms with Crippen molar-refractivity contribution in [3.8, 4) is 0 Å². The summed E-state index contributed by atoms with van der Waals surface area (Å²) in [6.07, 6.45) is 10.5. The van der Waals surface area contributed by atoms with Gasteiger partial charge in [-0.2, -0.15) is 0 Å². The number of hydrogen-bond acceptors (Lipinski definition) is 0. The molecule has 0 aliphatic heterocycles. The molecule has 2 aromatic carbocycles. The van der Waals surface area contributed by atoms with Gasteiger partial charge in [-0.05, 0) is 36.8 Å². The topological polar surface area (TPSA) is 0 Å². The van der Waals surface area contributed by atoms with Crippen LogP contribution in [0.4, 0.5) is 0 Å². The highest BCUT2D eigenvalue weighted by molar-refractivity contribution is 5.15. The Morgan fingerprint density at radius 1 is 0.462 bits per heavy atom. The number of unbranched alkanes of at least 4 members (excludes halogenated alkanes) is 4. The molecule has 2 rings (SSSR count). The van der Waals surface area contributed by atoms with Crippen molar-refractivity contribution in [2.45, 2.75) is 92.9 Å². The maximum absolute atomic E-state index is 2.24. The van der Waals surface area contributed by atoms with Gasteiger partial charge in [0.25, 0.3) is 0 Å². The van der Waals surface area contributed by atoms with Gasteiger partial charge in [0.1, 0.15) is 0 Å². The summed E-state index contributed by atoms with van der Waals surface area (Å²) in [5.74, 6) is 0. The largest absolute Gasteiger partial charge is 0.0683 e. The van der Waals surface area contributed by atoms with E-state index in [1.165, 1.54) is 62.5 Å². The summed E-state index contributed by atoms with van der Waals surface area (Å²) in [4.78, 5) is 0. The summed E-state index contributed by atoms with van der Waals surface area (Å²) in [7, 11) is 0. The first kappa shape index (κ1) is 26.7. The molecule has 0 aliphatic carbocycles. The molecule has 148 valence electrons. The zero-order valence-electron chi connectivity index (χ0n) is 18.4. The summed E-state index contributed by atoms with van der Waals surface area (Å²) < 4.78 is 0. The number of benzene rings is 2. The lowest BCUT2D eigenvalue weighted by Crippen LogP contribution is -1.83. The van der Waals surface area contributed by atoms with E-state index in [0.717, 1.165) is 0 Å². The van der Waals surface area contributed by atoms with E-state index in [4.69, 9.17) is 0 Å². The third-order valence-electron chi connectivity index (χ3n) is 3.82. The molecule has 0 spiro atoms. The molecule has 0 saturated heterocycles. The van der Waals surface area contributed by atoms with E-state index in [-0.39, 0.29) is 0 Å². The second-order valence-electron chi connectivity index (χ2n) is 5.89. The molecule has 0 bridgehead atoms. The lowest BCUT2D eigenvalue weighted by molar-refractivity contribution is 0.717. The monoisotopic (exact) mass is 356 g/mol. The predicted molar refractivity (Wildman–Crippen MR) is 122 cm³/mol. The molecule has 0 radical (unpaired) electrons. The Kier molecular flexibility index (Phi) is 24.0. The maximum atomic E-state index is 2.24. The maximum Gasteiger partial charge on any atom is -0.0279 e. The molecule has 0 fully saturated rings. The highest BCUT2D eigenvalue weighted by atomic mass is 14.0. The van der Waals surface area contributed by atoms with Gasteiger partial charge in [-0.25, -0.2) is 0 Å². The zero-order valence-corrected chi connectivity index (χ0v) is 18.4. The summed E-state index contributed by atoms with van der Waals surface area (Å²) in [6.45, 7) is 12.5. The molecular weight excluding hydrogens is 312 g/mol. The van der Waals surface area contributed by atoms with Crippen molar-refractivity contribution in [3.63, 3.8) is 0 Å². The van der Waals surface area contributed by atoms with Crippen molar-refractivity contribution in [1.29, 1.82) is 0 Å². The van der Waals surface area contributed by atoms with Crippen LogP contribution in [0.3, 0.4) is 0 Å². The summed E-state index contributed by atoms with van der Waals surface area (Å²) >= 11 is 0. The summed E-state index contributed by atoms with van der Waals surface area (Å²) in [6, 6.07) is 21.4. The summed E-state index contributed by atoms with van der Waals surface area (Å²) in [5.41, 5.74) is 2.95. The Bertz CT molecular complexity index is 398. The normalized spacial score (nSPS) is 8.85. The Hall–Kier alpha value is -1.56. The van der Waals surface area contributed by atoms with Crippen molar-refractivity contribution in [2.75, 3.05) is 0 Å². The lowest BCUT2D eigenvalue weighted by Gasteiger charge is -1.98. The third-order valence-corrected chi connectivity index (χ3v) is 3.82. The fourth-order valence-electron chi connectivity index (χ4n) is 2.45. The first-order chi connectivity index (χ1) is 12.9. The minimum absolute atomic E-state index is 1.24. The number of aryl methyl sites for hydroxylation is 2. The van der Waals surface area contributed by atoms with E-state index >= 15 is 0 Å². The van der Waals surface area contributed by atoms with E-state index in [1.54, 1.807) is 0 Å². The SMILES string of the molecule is CC.CC.CCCCCc1ccccc1.CCCCCc1ccccc1. The van der Waals surface area contributed by atoms with Crippen LogP contribution in [0.25, 0.3) is 0 Å². The van der Waals surface area contributed by atoms with Gasteiger partial charge in [0, 0.05) is 0 Å². The average Bonchev–Trinajstić information content (AvgIpc) is 2.74. The van der Waals surface area contributed by atoms with Crippen molar-refractivity contribution in [3.05, 3.63) is 71.8 Å². The minimum Gasteiger partial charge on any atom is -0.0683 e. The molecule has 0 aromatic heterocycles. The van der Waals surface area contributed by atoms with Crippen LogP contribution in [0.1, 0.15) is 91.2 Å². The molecule has 0 atom stereocenters. The molecule has 0 unspecified atom stereocenters. The third kappa shape index (κ3) is 17.3. The molecule has 0 heterocycles. The molecule has 0 N–H and O–H groups in total. The first-order valence-corrected chi connectivity index (χ1v) is 10.9. The van der Waals surface area contributed by atoms with Gasteiger partial charge in [0.2, 0.25) is 0 Å². The quantitative estimate of drug-likeness (QED) is 0.414. The fourth-order valence-corrected chi connectivity index (χ4v) is 2.45. The Morgan fingerprint density at radius 3 is 1.04 bits per heavy atom. The molecule has 0 amide bonds. The number of rotatable bonds is 8. The molecule has 26 heavy (non-hydrogen) atoms. The van der Waals surface area contributed by atoms with Crippen molar-refractivity contribution in [1.82, 2.24) is 0 Å². The van der Waals surface area contributed by atoms with Crippen LogP contribution in [0, 0.1) is 0 Å². The van der Waals surface area contributed by atoms with E-state index in [2.05, 4.69) is 74.5 Å². The van der Waals surface area contributed by atoms with Crippen LogP contribution >= 0.6 is 0 Å². The highest BCUT2D eigenvalue weighted by Crippen LogP contribution is 2.06. The van der Waals surface area contributed by atoms with Crippen LogP contribution in [-0.2, 0) is 12.8 Å². The molecule has 0 nitrogen and oxygen atoms in total. The smallest absolute Gasteiger partial charge is 0.0279 e. The van der Waals surface area contributed by atoms with Gasteiger partial charge >= 0.3 is 0 Å². The molecule has 2 aromatic rings. The molecule has 0 aliphatic rings. The van der Waals surface area contributed by atoms with Crippen molar-refractivity contribution < 1.29 is 0 Å².